The first-order valence-electron chi connectivity index (χ1n) is 38.5. The Morgan fingerprint density at radius 2 is 0.716 bits per heavy atom. The summed E-state index contributed by atoms with van der Waals surface area (Å²) in [7, 11) is 7.49. The van der Waals surface area contributed by atoms with Gasteiger partial charge in [-0.3, -0.25) is 43.7 Å². The van der Waals surface area contributed by atoms with Gasteiger partial charge in [0.05, 0.1) is 24.6 Å². The third-order valence-corrected chi connectivity index (χ3v) is 18.2. The van der Waals surface area contributed by atoms with Crippen molar-refractivity contribution in [2.24, 2.45) is 0 Å². The van der Waals surface area contributed by atoms with Crippen molar-refractivity contribution in [2.75, 3.05) is 43.0 Å². The maximum Gasteiger partial charge on any atom is 0.431 e. The van der Waals surface area contributed by atoms with Gasteiger partial charge in [0.25, 0.3) is 0 Å². The molecule has 3 aromatic carbocycles. The smallest absolute Gasteiger partial charge is 0.431 e. The fourth-order valence-electron chi connectivity index (χ4n) is 11.9. The van der Waals surface area contributed by atoms with Crippen LogP contribution in [0, 0.1) is 109 Å². The summed E-state index contributed by atoms with van der Waals surface area (Å²) in [5.74, 6) is 2.89. The third-order valence-electron chi connectivity index (χ3n) is 18.2. The van der Waals surface area contributed by atoms with Crippen molar-refractivity contribution in [1.29, 1.82) is 0 Å². The molecule has 15 aromatic rings. The predicted octanol–water partition coefficient (Wildman–Crippen LogP) is 19.4. The number of methoxy groups -OCH3 is 1. The summed E-state index contributed by atoms with van der Waals surface area (Å²) in [6.45, 7) is 15.6. The number of hydrogen-bond donors (Lipinski definition) is 0. The van der Waals surface area contributed by atoms with E-state index in [1.807, 2.05) is 172 Å². The molecule has 0 unspecified atom stereocenters. The van der Waals surface area contributed by atoms with Crippen molar-refractivity contribution in [3.05, 3.63) is 345 Å². The van der Waals surface area contributed by atoms with Crippen molar-refractivity contribution in [3.63, 3.8) is 0 Å². The molecule has 42 heteroatoms. The molecule has 0 amide bonds. The van der Waals surface area contributed by atoms with Crippen molar-refractivity contribution < 1.29 is 131 Å². The van der Waals surface area contributed by atoms with Crippen molar-refractivity contribution >= 4 is 17.5 Å². The fourth-order valence-corrected chi connectivity index (χ4v) is 11.9. The number of alkyl halides is 12. The van der Waals surface area contributed by atoms with E-state index in [9.17, 15) is 65.9 Å². The SMILES string of the molecule is COc1nc(C)n[c-]c1-c1cc(C)cc(N2C=CN(C)[CH-]2)n1.Cc1cc(-c2[c-]nc(C)nc2)nc(N2C=CN(C)[CH-]2)c1.Cc1cc(-c2[c-]nc(F)cc2)nc(N2C=CN(C)[CH-]2)c1.FC(F)(F)c1c[c-]c(-c2cccc(-c3cc(C(F)(F)F)n[n-]3)n2)cc1.Fc1c[c-]c(-c2cccc(-c3cc(C(F)(F)F)n[n-]3)n2)cc1.Fc1c[c-]c(-c2cccc(-c3cc(C(F)(F)F)n[n-]3)n2)cc1.[Ir].[Ir].[Ir]. The summed E-state index contributed by atoms with van der Waals surface area (Å²) in [6, 6.07) is 49.9. The third kappa shape index (κ3) is 27.5. The van der Waals surface area contributed by atoms with Gasteiger partial charge < -0.3 is 84.7 Å². The van der Waals surface area contributed by atoms with Crippen LogP contribution in [-0.2, 0) is 85.0 Å². The number of nitrogens with zero attached hydrogens (tertiary/aromatic N) is 23. The molecule has 15 heterocycles. The Morgan fingerprint density at radius 1 is 0.351 bits per heavy atom. The molecule has 0 bridgehead atoms. The molecule has 134 heavy (non-hydrogen) atoms. The average Bonchev–Trinajstić information content (AvgIpc) is 0.850. The van der Waals surface area contributed by atoms with Gasteiger partial charge in [-0.1, -0.05) is 106 Å². The second-order valence-corrected chi connectivity index (χ2v) is 28.5. The average molecular weight is 2370 g/mol. The molecule has 3 aliphatic rings. The van der Waals surface area contributed by atoms with Crippen LogP contribution in [0.3, 0.4) is 0 Å². The topological polar surface area (TPSA) is 251 Å². The number of benzene rings is 3. The first kappa shape index (κ1) is 102. The fraction of sp³-hybridized carbons (Fsp3) is 0.141. The number of hydrogen-bond acceptors (Lipinski definition) is 21. The first-order chi connectivity index (χ1) is 62.3. The maximum atomic E-state index is 12.9. The van der Waals surface area contributed by atoms with Gasteiger partial charge in [-0.25, -0.2) is 4.39 Å². The predicted molar refractivity (Wildman–Crippen MR) is 451 cm³/mol. The summed E-state index contributed by atoms with van der Waals surface area (Å²) in [6.07, 6.45) is 3.90. The molecule has 0 atom stereocenters. The summed E-state index contributed by atoms with van der Waals surface area (Å²) in [5, 5.41) is 19.7. The molecule has 3 aliphatic heterocycles. The molecule has 0 aliphatic carbocycles. The second kappa shape index (κ2) is 44.6. The number of rotatable bonds is 13. The van der Waals surface area contributed by atoms with E-state index >= 15 is 0 Å². The van der Waals surface area contributed by atoms with E-state index in [0.29, 0.717) is 51.2 Å². The van der Waals surface area contributed by atoms with Crippen LogP contribution in [0.2, 0.25) is 0 Å². The Kier molecular flexibility index (Phi) is 34.1. The van der Waals surface area contributed by atoms with Gasteiger partial charge in [-0.15, -0.1) is 121 Å². The number of pyridine rings is 7. The van der Waals surface area contributed by atoms with E-state index in [1.165, 1.54) is 66.7 Å². The van der Waals surface area contributed by atoms with Crippen LogP contribution in [0.5, 0.6) is 5.88 Å². The molecule has 0 saturated heterocycles. The molecule has 0 fully saturated rings. The van der Waals surface area contributed by atoms with E-state index in [-0.39, 0.29) is 106 Å². The molecular weight excluding hydrogens is 2300 g/mol. The largest absolute Gasteiger partial charge is 0.573 e. The number of halogens is 15. The molecule has 3 radical (unpaired) electrons. The van der Waals surface area contributed by atoms with Crippen molar-refractivity contribution in [1.82, 2.24) is 100 Å². The maximum absolute atomic E-state index is 12.9. The molecular formula is C92H66F15Ir3N23O-12. The normalized spacial score (nSPS) is 12.6. The molecule has 18 rings (SSSR count). The van der Waals surface area contributed by atoms with Crippen LogP contribution in [0.15, 0.2) is 219 Å². The monoisotopic (exact) mass is 2370 g/mol. The zero-order valence-electron chi connectivity index (χ0n) is 70.9. The Hall–Kier alpha value is -13.8. The van der Waals surface area contributed by atoms with Gasteiger partial charge in [-0.05, 0) is 211 Å². The Balaban J connectivity index is 0.000000166. The summed E-state index contributed by atoms with van der Waals surface area (Å²) in [5.41, 5.74) is 6.66. The van der Waals surface area contributed by atoms with Gasteiger partial charge in [0.15, 0.2) is 0 Å². The van der Waals surface area contributed by atoms with Gasteiger partial charge in [0.2, 0.25) is 0 Å². The zero-order valence-corrected chi connectivity index (χ0v) is 78.1. The number of aryl methyl sites for hydroxylation is 5. The summed E-state index contributed by atoms with van der Waals surface area (Å²) in [4.78, 5) is 58.5. The molecule has 24 nitrogen and oxygen atoms in total. The van der Waals surface area contributed by atoms with Crippen molar-refractivity contribution in [3.8, 4) is 108 Å². The van der Waals surface area contributed by atoms with E-state index in [4.69, 9.17) is 4.74 Å². The van der Waals surface area contributed by atoms with Crippen LogP contribution in [0.1, 0.15) is 51.0 Å². The van der Waals surface area contributed by atoms with Crippen LogP contribution in [-0.4, -0.2) is 113 Å². The van der Waals surface area contributed by atoms with Crippen LogP contribution >= 0.6 is 0 Å². The van der Waals surface area contributed by atoms with Gasteiger partial charge in [-0.2, -0.15) is 52.7 Å². The standard InChI is InChI=1S/C16H7F6N3.C16H17N5O.2C15H7F4N3.C15H13FN4.C15H15N5.3Ir/c17-15(18,19)10-6-4-9(5-7-10)11-2-1-3-12(23-11)13-8-14(25-24-13)16(20,21)22;1-11-7-14(13-9-17-12(2)18-16(13)22-4)19-15(8-11)21-6-5-20(3)10-21;2*16-10-6-4-9(5-7-10)11-2-1-3-12(20-11)13-8-14(22-21-13)15(17,18)19;1-11-7-13(12-3-4-14(16)17-9-12)18-15(8-11)20-6-5-19(2)10-20;1-11-6-14(13-8-16-12(2)17-9-13)18-15(7-11)20-5-4-19(3)10-20;;;/h1-4,6-8H;5-8,10H,1-4H3;2*1-4,6-8H;3-8,10H,1-2H3;4-8,10H,1-3H3;;;/q6*-2;;;. The quantitative estimate of drug-likeness (QED) is 0.0591. The molecule has 12 aromatic heterocycles. The van der Waals surface area contributed by atoms with E-state index in [1.54, 1.807) is 50.6 Å². The Bertz CT molecular complexity index is 6290. The second-order valence-electron chi connectivity index (χ2n) is 28.5. The molecule has 0 N–H and O–H groups in total. The van der Waals surface area contributed by atoms with Crippen molar-refractivity contribution in [2.45, 2.75) is 59.3 Å². The zero-order chi connectivity index (χ0) is 93.6. The molecule has 0 saturated carbocycles. The van der Waals surface area contributed by atoms with Crippen LogP contribution < -0.4 is 34.7 Å². The van der Waals surface area contributed by atoms with Crippen LogP contribution in [0.4, 0.5) is 83.3 Å². The van der Waals surface area contributed by atoms with E-state index in [2.05, 4.69) is 122 Å². The van der Waals surface area contributed by atoms with E-state index < -0.39 is 64.9 Å². The number of ether oxygens (including phenoxy) is 1. The van der Waals surface area contributed by atoms with Crippen LogP contribution in [0.25, 0.3) is 102 Å². The minimum absolute atomic E-state index is 0. The number of aromatic nitrogens is 17. The van der Waals surface area contributed by atoms with Gasteiger partial charge in [0, 0.05) is 101 Å². The number of anilines is 3. The molecule has 699 valence electrons. The summed E-state index contributed by atoms with van der Waals surface area (Å²) < 4.78 is 195. The van der Waals surface area contributed by atoms with E-state index in [0.717, 1.165) is 99.3 Å². The Morgan fingerprint density at radius 3 is 1.04 bits per heavy atom. The summed E-state index contributed by atoms with van der Waals surface area (Å²) >= 11 is 0. The van der Waals surface area contributed by atoms with Gasteiger partial charge in [0.1, 0.15) is 28.9 Å². The Labute approximate surface area is 797 Å². The first-order valence-corrected chi connectivity index (χ1v) is 38.5. The minimum atomic E-state index is -4.62. The minimum Gasteiger partial charge on any atom is -0.573 e. The molecule has 0 spiro atoms. The van der Waals surface area contributed by atoms with Gasteiger partial charge >= 0.3 is 24.7 Å².